The third kappa shape index (κ3) is 10.6. The highest BCUT2D eigenvalue weighted by atomic mass is 14.5. The van der Waals surface area contributed by atoms with Crippen LogP contribution in [0.15, 0.2) is 43.0 Å². The van der Waals surface area contributed by atoms with Crippen LogP contribution in [0.1, 0.15) is 56.6 Å². The summed E-state index contributed by atoms with van der Waals surface area (Å²) in [7, 11) is 0. The van der Waals surface area contributed by atoms with E-state index in [9.17, 15) is 0 Å². The summed E-state index contributed by atoms with van der Waals surface area (Å²) in [6.07, 6.45) is 13.7. The minimum atomic E-state index is 0.865. The molecule has 0 saturated heterocycles. The Morgan fingerprint density at radius 3 is 2.40 bits per heavy atom. The fourth-order valence-electron chi connectivity index (χ4n) is 1.81. The van der Waals surface area contributed by atoms with E-state index in [1.165, 1.54) is 43.2 Å². The van der Waals surface area contributed by atoms with E-state index in [1.807, 2.05) is 6.08 Å². The van der Waals surface area contributed by atoms with Crippen LogP contribution in [0.3, 0.4) is 0 Å². The van der Waals surface area contributed by atoms with Crippen LogP contribution in [0, 0.1) is 6.92 Å². The third-order valence-electron chi connectivity index (χ3n) is 3.10. The maximum atomic E-state index is 5.31. The molecule has 0 saturated carbocycles. The minimum absolute atomic E-state index is 0.865. The van der Waals surface area contributed by atoms with Gasteiger partial charge in [-0.15, -0.1) is 6.58 Å². The monoisotopic (exact) mass is 273 g/mol. The summed E-state index contributed by atoms with van der Waals surface area (Å²) in [5.74, 6) is 0. The summed E-state index contributed by atoms with van der Waals surface area (Å²) < 4.78 is 0. The number of nitrogens with two attached hydrogens (primary N) is 1. The molecule has 0 aliphatic carbocycles. The quantitative estimate of drug-likeness (QED) is 0.491. The minimum Gasteiger partial charge on any atom is -0.330 e. The van der Waals surface area contributed by atoms with E-state index < -0.39 is 0 Å². The maximum absolute atomic E-state index is 5.31. The highest BCUT2D eigenvalue weighted by Gasteiger charge is 1.88. The molecular weight excluding hydrogens is 242 g/mol. The van der Waals surface area contributed by atoms with E-state index in [0.29, 0.717) is 0 Å². The zero-order chi connectivity index (χ0) is 15.1. The molecule has 112 valence electrons. The van der Waals surface area contributed by atoms with Crippen molar-refractivity contribution in [2.45, 2.75) is 52.4 Å². The molecule has 2 N–H and O–H groups in total. The summed E-state index contributed by atoms with van der Waals surface area (Å²) in [4.78, 5) is 0. The Balaban J connectivity index is 0.000000396. The largest absolute Gasteiger partial charge is 0.330 e. The molecular formula is C19H31N. The molecule has 20 heavy (non-hydrogen) atoms. The van der Waals surface area contributed by atoms with Gasteiger partial charge >= 0.3 is 0 Å². The maximum Gasteiger partial charge on any atom is -0.00773 e. The molecule has 0 aliphatic rings. The highest BCUT2D eigenvalue weighted by Crippen LogP contribution is 2.08. The van der Waals surface area contributed by atoms with Gasteiger partial charge in [0.1, 0.15) is 0 Å². The van der Waals surface area contributed by atoms with Crippen molar-refractivity contribution in [3.8, 4) is 0 Å². The van der Waals surface area contributed by atoms with Crippen molar-refractivity contribution < 1.29 is 0 Å². The van der Waals surface area contributed by atoms with E-state index >= 15 is 0 Å². The zero-order valence-electron chi connectivity index (χ0n) is 13.3. The van der Waals surface area contributed by atoms with Crippen LogP contribution >= 0.6 is 0 Å². The van der Waals surface area contributed by atoms with Gasteiger partial charge in [-0.25, -0.2) is 0 Å². The van der Waals surface area contributed by atoms with Gasteiger partial charge in [0.15, 0.2) is 0 Å². The summed E-state index contributed by atoms with van der Waals surface area (Å²) in [5, 5.41) is 0. The number of unbranched alkanes of at least 4 members (excludes halogenated alkanes) is 4. The molecule has 0 aromatic heterocycles. The lowest BCUT2D eigenvalue weighted by Crippen LogP contribution is -1.97. The first kappa shape index (κ1) is 18.7. The number of benzene rings is 1. The standard InChI is InChI=1S/C12H14.C7H17N/c1-3-4-5-9-12-10-7-6-8-11(12)2;1-2-3-4-5-6-7-8/h3,5-10H,1,4H2,2H3;2-8H2,1H3/b9-5-;. The molecule has 0 aliphatic heterocycles. The molecule has 0 radical (unpaired) electrons. The van der Waals surface area contributed by atoms with Crippen molar-refractivity contribution in [2.75, 3.05) is 6.54 Å². The van der Waals surface area contributed by atoms with Gasteiger partial charge in [-0.3, -0.25) is 0 Å². The third-order valence-corrected chi connectivity index (χ3v) is 3.10. The Morgan fingerprint density at radius 1 is 1.10 bits per heavy atom. The average molecular weight is 273 g/mol. The van der Waals surface area contributed by atoms with Crippen LogP contribution in [0.2, 0.25) is 0 Å². The van der Waals surface area contributed by atoms with Gasteiger partial charge in [0.05, 0.1) is 0 Å². The molecule has 0 atom stereocenters. The predicted molar refractivity (Wildman–Crippen MR) is 92.8 cm³/mol. The van der Waals surface area contributed by atoms with Crippen molar-refractivity contribution in [1.82, 2.24) is 0 Å². The predicted octanol–water partition coefficient (Wildman–Crippen LogP) is 5.50. The molecule has 1 nitrogen and oxygen atoms in total. The number of allylic oxidation sites excluding steroid dienone is 2. The van der Waals surface area contributed by atoms with Crippen LogP contribution in [-0.4, -0.2) is 6.54 Å². The Labute approximate surface area is 125 Å². The molecule has 0 heterocycles. The van der Waals surface area contributed by atoms with Gasteiger partial charge in [-0.05, 0) is 37.4 Å². The van der Waals surface area contributed by atoms with Gasteiger partial charge < -0.3 is 5.73 Å². The summed E-state index contributed by atoms with van der Waals surface area (Å²) >= 11 is 0. The van der Waals surface area contributed by atoms with Gasteiger partial charge in [0, 0.05) is 0 Å². The molecule has 0 amide bonds. The topological polar surface area (TPSA) is 26.0 Å². The van der Waals surface area contributed by atoms with Crippen LogP contribution < -0.4 is 5.73 Å². The van der Waals surface area contributed by atoms with Crippen LogP contribution in [0.5, 0.6) is 0 Å². The van der Waals surface area contributed by atoms with E-state index in [0.717, 1.165) is 13.0 Å². The molecule has 0 spiro atoms. The first-order valence-corrected chi connectivity index (χ1v) is 7.79. The lowest BCUT2D eigenvalue weighted by Gasteiger charge is -1.97. The van der Waals surface area contributed by atoms with Crippen molar-refractivity contribution in [3.05, 3.63) is 54.1 Å². The smallest absolute Gasteiger partial charge is 0.00773 e. The van der Waals surface area contributed by atoms with Gasteiger partial charge in [0.2, 0.25) is 0 Å². The Kier molecular flexibility index (Phi) is 13.1. The van der Waals surface area contributed by atoms with Crippen LogP contribution in [0.25, 0.3) is 6.08 Å². The Hall–Kier alpha value is -1.34. The number of aryl methyl sites for hydroxylation is 1. The number of hydrogen-bond acceptors (Lipinski definition) is 1. The molecule has 0 fully saturated rings. The normalized spacial score (nSPS) is 10.2. The van der Waals surface area contributed by atoms with Gasteiger partial charge in [0.25, 0.3) is 0 Å². The molecule has 0 bridgehead atoms. The molecule has 1 heteroatoms. The zero-order valence-corrected chi connectivity index (χ0v) is 13.3. The summed E-state index contributed by atoms with van der Waals surface area (Å²) in [6, 6.07) is 8.35. The highest BCUT2D eigenvalue weighted by molar-refractivity contribution is 5.53. The molecule has 1 aromatic rings. The van der Waals surface area contributed by atoms with E-state index in [2.05, 4.69) is 56.8 Å². The Morgan fingerprint density at radius 2 is 1.80 bits per heavy atom. The first-order chi connectivity index (χ1) is 9.76. The number of rotatable bonds is 8. The van der Waals surface area contributed by atoms with Crippen molar-refractivity contribution in [1.29, 1.82) is 0 Å². The molecule has 1 rings (SSSR count). The summed E-state index contributed by atoms with van der Waals surface area (Å²) in [5.41, 5.74) is 7.92. The van der Waals surface area contributed by atoms with Crippen molar-refractivity contribution in [3.63, 3.8) is 0 Å². The summed E-state index contributed by atoms with van der Waals surface area (Å²) in [6.45, 7) is 8.87. The Bertz CT molecular complexity index is 360. The molecule has 1 aromatic carbocycles. The second-order valence-electron chi connectivity index (χ2n) is 4.99. The van der Waals surface area contributed by atoms with E-state index in [-0.39, 0.29) is 0 Å². The van der Waals surface area contributed by atoms with Gasteiger partial charge in [-0.2, -0.15) is 0 Å². The van der Waals surface area contributed by atoms with E-state index in [1.54, 1.807) is 0 Å². The average Bonchev–Trinajstić information content (AvgIpc) is 2.47. The fourth-order valence-corrected chi connectivity index (χ4v) is 1.81. The van der Waals surface area contributed by atoms with Crippen molar-refractivity contribution in [2.24, 2.45) is 5.73 Å². The first-order valence-electron chi connectivity index (χ1n) is 7.79. The second kappa shape index (κ2) is 14.1. The van der Waals surface area contributed by atoms with Crippen LogP contribution in [0.4, 0.5) is 0 Å². The van der Waals surface area contributed by atoms with E-state index in [4.69, 9.17) is 5.73 Å². The second-order valence-corrected chi connectivity index (χ2v) is 4.99. The number of hydrogen-bond donors (Lipinski definition) is 1. The molecule has 0 unspecified atom stereocenters. The van der Waals surface area contributed by atoms with Crippen LogP contribution in [-0.2, 0) is 0 Å². The SMILES string of the molecule is C=CC/C=C\c1ccccc1C.CCCCCCCN. The lowest BCUT2D eigenvalue weighted by molar-refractivity contribution is 0.638. The van der Waals surface area contributed by atoms with Crippen molar-refractivity contribution >= 4 is 6.08 Å². The van der Waals surface area contributed by atoms with Gasteiger partial charge in [-0.1, -0.05) is 75.1 Å². The fraction of sp³-hybridized carbons (Fsp3) is 0.474. The lowest BCUT2D eigenvalue weighted by atomic mass is 10.1.